The molecular formula is C55H35N. The molecule has 0 aliphatic heterocycles. The van der Waals surface area contributed by atoms with Crippen molar-refractivity contribution in [3.63, 3.8) is 0 Å². The average Bonchev–Trinajstić information content (AvgIpc) is 3.74. The van der Waals surface area contributed by atoms with Crippen molar-refractivity contribution in [2.75, 3.05) is 4.90 Å². The molecule has 0 heterocycles. The van der Waals surface area contributed by atoms with Crippen molar-refractivity contribution in [2.45, 2.75) is 5.41 Å². The summed E-state index contributed by atoms with van der Waals surface area (Å²) in [6.45, 7) is 0. The van der Waals surface area contributed by atoms with E-state index < -0.39 is 5.41 Å². The third-order valence-corrected chi connectivity index (χ3v) is 12.4. The Morgan fingerprint density at radius 3 is 1.39 bits per heavy atom. The Morgan fingerprint density at radius 1 is 0.286 bits per heavy atom. The molecule has 1 heteroatoms. The fourth-order valence-corrected chi connectivity index (χ4v) is 10.2. The van der Waals surface area contributed by atoms with Crippen LogP contribution in [-0.4, -0.2) is 0 Å². The maximum atomic E-state index is 2.56. The molecule has 56 heavy (non-hydrogen) atoms. The lowest BCUT2D eigenvalue weighted by atomic mass is 9.69. The number of fused-ring (bicyclic) bond motifs is 16. The Morgan fingerprint density at radius 2 is 0.750 bits per heavy atom. The van der Waals surface area contributed by atoms with Crippen LogP contribution in [0.4, 0.5) is 17.1 Å². The highest BCUT2D eigenvalue weighted by molar-refractivity contribution is 6.26. The van der Waals surface area contributed by atoms with E-state index in [0.717, 1.165) is 11.4 Å². The lowest BCUT2D eigenvalue weighted by Crippen LogP contribution is -2.28. The van der Waals surface area contributed by atoms with Gasteiger partial charge in [0.05, 0.1) is 11.1 Å². The number of nitrogens with zero attached hydrogens (tertiary/aromatic N) is 1. The summed E-state index contributed by atoms with van der Waals surface area (Å²) in [4.78, 5) is 2.48. The molecular weight excluding hydrogens is 675 g/mol. The summed E-state index contributed by atoms with van der Waals surface area (Å²) in [7, 11) is 0. The van der Waals surface area contributed by atoms with Gasteiger partial charge in [-0.15, -0.1) is 0 Å². The standard InChI is InChI=1S/C55H35N/c1-3-16-36(17-4-1)37-30-32-39(33-31-37)56(38-18-5-2-6-19-38)53-29-15-26-46-44-24-11-13-27-50(44)55(54(46)53)51-28-14-12-25-45(51)49-34-47-42-22-9-7-20-40(42)41-21-8-10-23-43(41)48(47)35-52(49)55/h1-35H. The summed E-state index contributed by atoms with van der Waals surface area (Å²) in [6, 6.07) is 78.8. The van der Waals surface area contributed by atoms with E-state index in [1.165, 1.54) is 93.6 Å². The van der Waals surface area contributed by atoms with Crippen molar-refractivity contribution in [3.8, 4) is 33.4 Å². The second kappa shape index (κ2) is 11.9. The topological polar surface area (TPSA) is 3.24 Å². The van der Waals surface area contributed by atoms with Gasteiger partial charge in [0.2, 0.25) is 0 Å². The second-order valence-corrected chi connectivity index (χ2v) is 15.2. The molecule has 10 aromatic rings. The van der Waals surface area contributed by atoms with Crippen molar-refractivity contribution in [1.29, 1.82) is 0 Å². The van der Waals surface area contributed by atoms with Crippen molar-refractivity contribution in [2.24, 2.45) is 0 Å². The largest absolute Gasteiger partial charge is 0.310 e. The Hall–Kier alpha value is -7.22. The van der Waals surface area contributed by atoms with Gasteiger partial charge in [0.1, 0.15) is 0 Å². The number of hydrogen-bond donors (Lipinski definition) is 0. The molecule has 0 saturated carbocycles. The molecule has 0 radical (unpaired) electrons. The van der Waals surface area contributed by atoms with Crippen LogP contribution in [0.25, 0.3) is 65.7 Å². The van der Waals surface area contributed by atoms with Gasteiger partial charge in [-0.1, -0.05) is 170 Å². The van der Waals surface area contributed by atoms with E-state index in [4.69, 9.17) is 0 Å². The van der Waals surface area contributed by atoms with Crippen molar-refractivity contribution >= 4 is 49.4 Å². The van der Waals surface area contributed by atoms with Crippen LogP contribution in [0.3, 0.4) is 0 Å². The summed E-state index contributed by atoms with van der Waals surface area (Å²) < 4.78 is 0. The van der Waals surface area contributed by atoms with Crippen LogP contribution in [0.5, 0.6) is 0 Å². The molecule has 0 amide bonds. The molecule has 1 spiro atoms. The molecule has 1 nitrogen and oxygen atoms in total. The molecule has 2 aliphatic carbocycles. The molecule has 2 aliphatic rings. The second-order valence-electron chi connectivity index (χ2n) is 15.2. The van der Waals surface area contributed by atoms with Crippen LogP contribution in [0.15, 0.2) is 212 Å². The summed E-state index contributed by atoms with van der Waals surface area (Å²) in [5.41, 5.74) is 15.8. The van der Waals surface area contributed by atoms with Gasteiger partial charge in [0, 0.05) is 16.9 Å². The molecule has 0 saturated heterocycles. The monoisotopic (exact) mass is 709 g/mol. The van der Waals surface area contributed by atoms with E-state index in [0.29, 0.717) is 0 Å². The van der Waals surface area contributed by atoms with Crippen LogP contribution in [0.1, 0.15) is 22.3 Å². The smallest absolute Gasteiger partial charge is 0.0746 e. The average molecular weight is 710 g/mol. The van der Waals surface area contributed by atoms with Gasteiger partial charge in [-0.2, -0.15) is 0 Å². The first-order valence-corrected chi connectivity index (χ1v) is 19.5. The Kier molecular flexibility index (Phi) is 6.62. The highest BCUT2D eigenvalue weighted by atomic mass is 15.1. The quantitative estimate of drug-likeness (QED) is 0.164. The SMILES string of the molecule is c1ccc(-c2ccc(N(c3ccccc3)c3cccc4c3C3(c5ccccc5-c5cc6c7ccccc7c7ccccc7c6cc53)c3ccccc3-4)cc2)cc1. The number of rotatable bonds is 4. The van der Waals surface area contributed by atoms with Crippen molar-refractivity contribution in [3.05, 3.63) is 235 Å². The minimum Gasteiger partial charge on any atom is -0.310 e. The molecule has 260 valence electrons. The molecule has 1 unspecified atom stereocenters. The van der Waals surface area contributed by atoms with Gasteiger partial charge in [0.25, 0.3) is 0 Å². The van der Waals surface area contributed by atoms with Gasteiger partial charge in [0.15, 0.2) is 0 Å². The van der Waals surface area contributed by atoms with Crippen LogP contribution < -0.4 is 4.90 Å². The van der Waals surface area contributed by atoms with E-state index in [-0.39, 0.29) is 0 Å². The maximum Gasteiger partial charge on any atom is 0.0746 e. The highest BCUT2D eigenvalue weighted by Gasteiger charge is 2.53. The first kappa shape index (κ1) is 31.2. The Balaban J connectivity index is 1.20. The van der Waals surface area contributed by atoms with E-state index in [2.05, 4.69) is 217 Å². The molecule has 0 bridgehead atoms. The van der Waals surface area contributed by atoms with Gasteiger partial charge < -0.3 is 4.90 Å². The van der Waals surface area contributed by atoms with Crippen molar-refractivity contribution in [1.82, 2.24) is 0 Å². The van der Waals surface area contributed by atoms with Gasteiger partial charge in [-0.25, -0.2) is 0 Å². The Labute approximate surface area is 326 Å². The fourth-order valence-electron chi connectivity index (χ4n) is 10.2. The maximum absolute atomic E-state index is 2.56. The number of benzene rings is 10. The number of hydrogen-bond acceptors (Lipinski definition) is 1. The van der Waals surface area contributed by atoms with Crippen LogP contribution in [0.2, 0.25) is 0 Å². The summed E-state index contributed by atoms with van der Waals surface area (Å²) in [5.74, 6) is 0. The molecule has 0 fully saturated rings. The van der Waals surface area contributed by atoms with Crippen LogP contribution in [0, 0.1) is 0 Å². The summed E-state index contributed by atoms with van der Waals surface area (Å²) in [6.07, 6.45) is 0. The summed E-state index contributed by atoms with van der Waals surface area (Å²) >= 11 is 0. The number of anilines is 3. The minimum absolute atomic E-state index is 0.549. The zero-order chi connectivity index (χ0) is 36.8. The van der Waals surface area contributed by atoms with Crippen molar-refractivity contribution < 1.29 is 0 Å². The van der Waals surface area contributed by atoms with E-state index in [9.17, 15) is 0 Å². The molecule has 0 N–H and O–H groups in total. The lowest BCUT2D eigenvalue weighted by Gasteiger charge is -2.36. The van der Waals surface area contributed by atoms with E-state index >= 15 is 0 Å². The van der Waals surface area contributed by atoms with Crippen LogP contribution in [-0.2, 0) is 5.41 Å². The third-order valence-electron chi connectivity index (χ3n) is 12.4. The van der Waals surface area contributed by atoms with Gasteiger partial charge in [-0.05, 0) is 125 Å². The van der Waals surface area contributed by atoms with E-state index in [1.54, 1.807) is 0 Å². The molecule has 1 atom stereocenters. The molecule has 0 aromatic heterocycles. The normalized spacial score (nSPS) is 14.9. The minimum atomic E-state index is -0.549. The highest BCUT2D eigenvalue weighted by Crippen LogP contribution is 2.66. The third kappa shape index (κ3) is 4.20. The fraction of sp³-hybridized carbons (Fsp3) is 0.0182. The zero-order valence-corrected chi connectivity index (χ0v) is 30.7. The predicted molar refractivity (Wildman–Crippen MR) is 235 cm³/mol. The van der Waals surface area contributed by atoms with Gasteiger partial charge >= 0.3 is 0 Å². The molecule has 12 rings (SSSR count). The summed E-state index contributed by atoms with van der Waals surface area (Å²) in [5, 5.41) is 7.78. The van der Waals surface area contributed by atoms with Gasteiger partial charge in [-0.3, -0.25) is 0 Å². The zero-order valence-electron chi connectivity index (χ0n) is 30.7. The van der Waals surface area contributed by atoms with Crippen LogP contribution >= 0.6 is 0 Å². The predicted octanol–water partition coefficient (Wildman–Crippen LogP) is 14.6. The Bertz CT molecular complexity index is 3180. The van der Waals surface area contributed by atoms with E-state index in [1.807, 2.05) is 0 Å². The first-order valence-electron chi connectivity index (χ1n) is 19.5. The first-order chi connectivity index (χ1) is 27.8. The lowest BCUT2D eigenvalue weighted by molar-refractivity contribution is 0.794. The molecule has 10 aromatic carbocycles. The number of para-hydroxylation sites is 1.